The molecule has 0 saturated heterocycles. The van der Waals surface area contributed by atoms with E-state index >= 15 is 0 Å². The minimum absolute atomic E-state index is 0.0396. The van der Waals surface area contributed by atoms with Crippen molar-refractivity contribution in [2.75, 3.05) is 5.32 Å². The Bertz CT molecular complexity index is 1510. The van der Waals surface area contributed by atoms with Crippen molar-refractivity contribution in [3.8, 4) is 22.8 Å². The average molecular weight is 446 g/mol. The highest BCUT2D eigenvalue weighted by molar-refractivity contribution is 6.03. The van der Waals surface area contributed by atoms with Crippen molar-refractivity contribution in [3.63, 3.8) is 0 Å². The Morgan fingerprint density at radius 1 is 1.09 bits per heavy atom. The van der Waals surface area contributed by atoms with Crippen molar-refractivity contribution in [3.05, 3.63) is 59.8 Å². The number of nitrogens with zero attached hydrogens (tertiary/aromatic N) is 5. The summed E-state index contributed by atoms with van der Waals surface area (Å²) in [5, 5.41) is 14.3. The molecule has 1 aliphatic carbocycles. The third-order valence-corrected chi connectivity index (χ3v) is 5.45. The number of carbonyl (C=O) groups excluding carboxylic acids is 1. The molecular formula is C22H15FN6O4. The maximum absolute atomic E-state index is 13.3. The number of hydrogen-bond acceptors (Lipinski definition) is 9. The van der Waals surface area contributed by atoms with Crippen molar-refractivity contribution < 1.29 is 22.8 Å². The van der Waals surface area contributed by atoms with Crippen LogP contribution in [0.3, 0.4) is 0 Å². The number of carbonyl (C=O) groups is 1. The number of aryl methyl sites for hydroxylation is 1. The summed E-state index contributed by atoms with van der Waals surface area (Å²) in [6, 6.07) is 10.5. The zero-order chi connectivity index (χ0) is 22.5. The Labute approximate surface area is 184 Å². The second-order valence-electron chi connectivity index (χ2n) is 7.80. The normalized spacial score (nSPS) is 17.4. The summed E-state index contributed by atoms with van der Waals surface area (Å²) in [5.74, 6) is 0.138. The molecule has 164 valence electrons. The molecule has 1 aliphatic rings. The molecule has 2 atom stereocenters. The maximum atomic E-state index is 13.3. The largest absolute Gasteiger partial charge is 0.431 e. The molecule has 2 aromatic carbocycles. The van der Waals surface area contributed by atoms with Gasteiger partial charge < -0.3 is 14.3 Å². The standard InChI is InChI=1S/C22H15FN6O4/c1-10-2-3-11(19-26-22(32-29-19)13-8-14(13)23)6-16(10)25-20(30)18-9-24-21(31-18)12-4-5-15-17(7-12)28-33-27-15/h2-7,9,13-14H,8H2,1H3,(H,25,30)/t13-,14-/m0/s1. The van der Waals surface area contributed by atoms with Crippen LogP contribution in [0.25, 0.3) is 33.9 Å². The van der Waals surface area contributed by atoms with Crippen molar-refractivity contribution >= 4 is 22.6 Å². The van der Waals surface area contributed by atoms with E-state index < -0.39 is 12.1 Å². The number of oxazole rings is 1. The van der Waals surface area contributed by atoms with Gasteiger partial charge in [0.05, 0.1) is 12.1 Å². The lowest BCUT2D eigenvalue weighted by atomic mass is 10.1. The van der Waals surface area contributed by atoms with Gasteiger partial charge in [-0.15, -0.1) is 0 Å². The fourth-order valence-electron chi connectivity index (χ4n) is 3.43. The summed E-state index contributed by atoms with van der Waals surface area (Å²) < 4.78 is 28.8. The summed E-state index contributed by atoms with van der Waals surface area (Å²) in [7, 11) is 0. The fraction of sp³-hybridized carbons (Fsp3) is 0.182. The molecule has 6 rings (SSSR count). The van der Waals surface area contributed by atoms with E-state index in [1.54, 1.807) is 30.3 Å². The highest BCUT2D eigenvalue weighted by Gasteiger charge is 2.43. The van der Waals surface area contributed by atoms with Gasteiger partial charge >= 0.3 is 0 Å². The number of nitrogens with one attached hydrogen (secondary N) is 1. The van der Waals surface area contributed by atoms with Crippen LogP contribution in [0.1, 0.15) is 34.3 Å². The quantitative estimate of drug-likeness (QED) is 0.419. The van der Waals surface area contributed by atoms with E-state index in [1.165, 1.54) is 6.20 Å². The number of aromatic nitrogens is 5. The van der Waals surface area contributed by atoms with E-state index in [0.29, 0.717) is 40.1 Å². The van der Waals surface area contributed by atoms with Crippen LogP contribution in [0.5, 0.6) is 0 Å². The number of amides is 1. The predicted octanol–water partition coefficient (Wildman–Crippen LogP) is 4.31. The van der Waals surface area contributed by atoms with Gasteiger partial charge in [0.25, 0.3) is 5.91 Å². The van der Waals surface area contributed by atoms with E-state index in [-0.39, 0.29) is 23.5 Å². The van der Waals surface area contributed by atoms with E-state index in [1.807, 2.05) is 13.0 Å². The lowest BCUT2D eigenvalue weighted by Gasteiger charge is -2.08. The summed E-state index contributed by atoms with van der Waals surface area (Å²) in [4.78, 5) is 21.3. The van der Waals surface area contributed by atoms with Gasteiger partial charge in [0, 0.05) is 16.8 Å². The highest BCUT2D eigenvalue weighted by Crippen LogP contribution is 2.43. The molecule has 3 heterocycles. The molecule has 5 aromatic rings. The molecule has 0 spiro atoms. The second-order valence-corrected chi connectivity index (χ2v) is 7.80. The molecule has 3 aromatic heterocycles. The first kappa shape index (κ1) is 19.3. The maximum Gasteiger partial charge on any atom is 0.293 e. The van der Waals surface area contributed by atoms with Crippen molar-refractivity contribution in [1.82, 2.24) is 25.4 Å². The summed E-state index contributed by atoms with van der Waals surface area (Å²) in [6.07, 6.45) is 0.829. The minimum atomic E-state index is -0.924. The summed E-state index contributed by atoms with van der Waals surface area (Å²) in [5.41, 5.74) is 3.80. The van der Waals surface area contributed by atoms with Gasteiger partial charge in [-0.25, -0.2) is 14.0 Å². The van der Waals surface area contributed by atoms with Gasteiger partial charge in [-0.1, -0.05) is 17.3 Å². The topological polar surface area (TPSA) is 133 Å². The molecule has 0 bridgehead atoms. The number of anilines is 1. The Morgan fingerprint density at radius 3 is 2.76 bits per heavy atom. The van der Waals surface area contributed by atoms with E-state index in [9.17, 15) is 9.18 Å². The molecular weight excluding hydrogens is 431 g/mol. The highest BCUT2D eigenvalue weighted by atomic mass is 19.1. The van der Waals surface area contributed by atoms with Crippen molar-refractivity contribution in [2.24, 2.45) is 0 Å². The smallest absolute Gasteiger partial charge is 0.293 e. The fourth-order valence-corrected chi connectivity index (χ4v) is 3.43. The van der Waals surface area contributed by atoms with Crippen molar-refractivity contribution in [1.29, 1.82) is 0 Å². The van der Waals surface area contributed by atoms with Crippen molar-refractivity contribution in [2.45, 2.75) is 25.4 Å². The van der Waals surface area contributed by atoms with Crippen LogP contribution < -0.4 is 5.32 Å². The van der Waals surface area contributed by atoms with Crippen LogP contribution in [0.4, 0.5) is 10.1 Å². The minimum Gasteiger partial charge on any atom is -0.431 e. The van der Waals surface area contributed by atoms with E-state index in [4.69, 9.17) is 13.6 Å². The summed E-state index contributed by atoms with van der Waals surface area (Å²) >= 11 is 0. The van der Waals surface area contributed by atoms with Crippen LogP contribution >= 0.6 is 0 Å². The second kappa shape index (κ2) is 7.33. The zero-order valence-corrected chi connectivity index (χ0v) is 17.2. The first-order valence-corrected chi connectivity index (χ1v) is 10.1. The zero-order valence-electron chi connectivity index (χ0n) is 17.2. The van der Waals surface area contributed by atoms with Gasteiger partial charge in [-0.2, -0.15) is 4.98 Å². The predicted molar refractivity (Wildman–Crippen MR) is 112 cm³/mol. The van der Waals surface area contributed by atoms with Gasteiger partial charge in [-0.05, 0) is 53.5 Å². The molecule has 0 radical (unpaired) electrons. The van der Waals surface area contributed by atoms with Gasteiger partial charge in [0.2, 0.25) is 23.4 Å². The Morgan fingerprint density at radius 2 is 1.91 bits per heavy atom. The third-order valence-electron chi connectivity index (χ3n) is 5.45. The monoisotopic (exact) mass is 446 g/mol. The SMILES string of the molecule is Cc1ccc(-c2noc([C@H]3C[C@@H]3F)n2)cc1NC(=O)c1cnc(-c2ccc3nonc3c2)o1. The molecule has 10 nitrogen and oxygen atoms in total. The van der Waals surface area contributed by atoms with Crippen LogP contribution in [-0.2, 0) is 0 Å². The Kier molecular flexibility index (Phi) is 4.28. The molecule has 0 unspecified atom stereocenters. The van der Waals surface area contributed by atoms with Gasteiger partial charge in [0.1, 0.15) is 17.2 Å². The molecule has 1 N–H and O–H groups in total. The first-order chi connectivity index (χ1) is 16.0. The number of alkyl halides is 1. The molecule has 0 aliphatic heterocycles. The number of rotatable bonds is 5. The molecule has 11 heteroatoms. The van der Waals surface area contributed by atoms with Gasteiger partial charge in [-0.3, -0.25) is 4.79 Å². The molecule has 1 fully saturated rings. The number of halogens is 1. The number of fused-ring (bicyclic) bond motifs is 1. The number of hydrogen-bond donors (Lipinski definition) is 1. The number of benzene rings is 2. The van der Waals surface area contributed by atoms with Crippen LogP contribution in [0.2, 0.25) is 0 Å². The summed E-state index contributed by atoms with van der Waals surface area (Å²) in [6.45, 7) is 1.85. The third kappa shape index (κ3) is 3.53. The van der Waals surface area contributed by atoms with Crippen LogP contribution in [0.15, 0.2) is 56.2 Å². The molecule has 33 heavy (non-hydrogen) atoms. The molecule has 1 amide bonds. The average Bonchev–Trinajstić information content (AvgIpc) is 3.29. The lowest BCUT2D eigenvalue weighted by molar-refractivity contribution is 0.0997. The first-order valence-electron chi connectivity index (χ1n) is 10.1. The van der Waals surface area contributed by atoms with Crippen LogP contribution in [0, 0.1) is 6.92 Å². The van der Waals surface area contributed by atoms with Gasteiger partial charge in [0.15, 0.2) is 0 Å². The Hall–Kier alpha value is -4.41. The van der Waals surface area contributed by atoms with E-state index in [2.05, 4.69) is 30.8 Å². The van der Waals surface area contributed by atoms with Crippen LogP contribution in [-0.4, -0.2) is 37.5 Å². The molecule has 1 saturated carbocycles. The lowest BCUT2D eigenvalue weighted by Crippen LogP contribution is -2.12. The Balaban J connectivity index is 1.22. The van der Waals surface area contributed by atoms with E-state index in [0.717, 1.165) is 5.56 Å².